The molecule has 1 saturated heterocycles. The Morgan fingerprint density at radius 1 is 1.03 bits per heavy atom. The fraction of sp³-hybridized carbons (Fsp3) is 0.364. The van der Waals surface area contributed by atoms with Crippen LogP contribution >= 0.6 is 31.9 Å². The van der Waals surface area contributed by atoms with E-state index in [0.717, 1.165) is 20.1 Å². The van der Waals surface area contributed by atoms with Gasteiger partial charge < -0.3 is 10.1 Å². The molecule has 1 aliphatic rings. The van der Waals surface area contributed by atoms with Crippen LogP contribution in [0.3, 0.4) is 0 Å². The summed E-state index contributed by atoms with van der Waals surface area (Å²) in [4.78, 5) is 27.1. The third kappa shape index (κ3) is 5.90. The molecule has 1 heterocycles. The number of aryl methyl sites for hydroxylation is 2. The Hall–Kier alpha value is -1.70. The third-order valence-electron chi connectivity index (χ3n) is 5.00. The van der Waals surface area contributed by atoms with Gasteiger partial charge in [0.25, 0.3) is 5.91 Å². The van der Waals surface area contributed by atoms with Crippen molar-refractivity contribution in [1.82, 2.24) is 10.2 Å². The van der Waals surface area contributed by atoms with Crippen LogP contribution in [-0.4, -0.2) is 49.1 Å². The maximum atomic E-state index is 12.5. The lowest BCUT2D eigenvalue weighted by molar-refractivity contribution is 0.0326. The van der Waals surface area contributed by atoms with E-state index < -0.39 is 0 Å². The summed E-state index contributed by atoms with van der Waals surface area (Å²) in [5.41, 5.74) is 3.20. The maximum absolute atomic E-state index is 12.5. The summed E-state index contributed by atoms with van der Waals surface area (Å²) in [5.74, 6) is -0.421. The smallest absolute Gasteiger partial charge is 0.338 e. The zero-order valence-corrected chi connectivity index (χ0v) is 19.8. The van der Waals surface area contributed by atoms with Gasteiger partial charge in [0.15, 0.2) is 0 Å². The Bertz CT molecular complexity index is 892. The van der Waals surface area contributed by atoms with Crippen LogP contribution in [0.25, 0.3) is 0 Å². The third-order valence-corrected chi connectivity index (χ3v) is 5.92. The van der Waals surface area contributed by atoms with E-state index >= 15 is 0 Å². The van der Waals surface area contributed by atoms with Crippen LogP contribution in [0.5, 0.6) is 0 Å². The van der Waals surface area contributed by atoms with E-state index in [0.29, 0.717) is 30.6 Å². The lowest BCUT2D eigenvalue weighted by Gasteiger charge is -2.19. The second-order valence-corrected chi connectivity index (χ2v) is 9.43. The van der Waals surface area contributed by atoms with Crippen LogP contribution in [-0.2, 0) is 4.74 Å². The first-order valence-electron chi connectivity index (χ1n) is 9.45. The zero-order valence-electron chi connectivity index (χ0n) is 16.7. The van der Waals surface area contributed by atoms with Crippen molar-refractivity contribution >= 4 is 43.7 Å². The summed E-state index contributed by atoms with van der Waals surface area (Å²) in [5, 5.41) is 3.00. The molecule has 1 fully saturated rings. The normalized spacial score (nSPS) is 19.2. The Balaban J connectivity index is 1.55. The first kappa shape index (κ1) is 22.0. The Morgan fingerprint density at radius 3 is 2.24 bits per heavy atom. The van der Waals surface area contributed by atoms with Gasteiger partial charge in [-0.15, -0.1) is 0 Å². The summed E-state index contributed by atoms with van der Waals surface area (Å²) in [6.45, 7) is 5.05. The van der Waals surface area contributed by atoms with Crippen molar-refractivity contribution < 1.29 is 14.3 Å². The fourth-order valence-electron chi connectivity index (χ4n) is 3.61. The van der Waals surface area contributed by atoms with Crippen LogP contribution < -0.4 is 5.32 Å². The van der Waals surface area contributed by atoms with Gasteiger partial charge >= 0.3 is 5.97 Å². The monoisotopic (exact) mass is 522 g/mol. The number of hydrogen-bond donors (Lipinski definition) is 1. The first-order valence-corrected chi connectivity index (χ1v) is 11.0. The van der Waals surface area contributed by atoms with Gasteiger partial charge in [-0.05, 0) is 68.4 Å². The van der Waals surface area contributed by atoms with E-state index in [1.807, 2.05) is 51.2 Å². The highest BCUT2D eigenvalue weighted by molar-refractivity contribution is 9.10. The molecule has 5 nitrogen and oxygen atoms in total. The topological polar surface area (TPSA) is 58.6 Å². The van der Waals surface area contributed by atoms with Crippen molar-refractivity contribution in [3.05, 3.63) is 67.6 Å². The molecule has 7 heteroatoms. The standard InChI is InChI=1S/C22H24Br2N2O3/c1-13-4-15(8-17(23)6-13)21(27)25-11-19-10-20(12-26(19)3)29-22(28)16-5-14(2)7-18(24)9-16/h4-9,19-20H,10-12H2,1-3H3,(H,25,27)/t19-,20+/m0/s1. The van der Waals surface area contributed by atoms with Crippen molar-refractivity contribution in [3.63, 3.8) is 0 Å². The highest BCUT2D eigenvalue weighted by Gasteiger charge is 2.32. The van der Waals surface area contributed by atoms with Crippen LogP contribution in [0.1, 0.15) is 38.3 Å². The molecule has 0 aliphatic carbocycles. The molecule has 0 saturated carbocycles. The van der Waals surface area contributed by atoms with Crippen molar-refractivity contribution in [3.8, 4) is 0 Å². The molecule has 1 amide bonds. The van der Waals surface area contributed by atoms with E-state index in [9.17, 15) is 9.59 Å². The predicted molar refractivity (Wildman–Crippen MR) is 120 cm³/mol. The number of likely N-dealkylation sites (tertiary alicyclic amines) is 1. The number of amides is 1. The second-order valence-electron chi connectivity index (χ2n) is 7.60. The van der Waals surface area contributed by atoms with Gasteiger partial charge in [-0.2, -0.15) is 0 Å². The van der Waals surface area contributed by atoms with Crippen molar-refractivity contribution in [2.24, 2.45) is 0 Å². The van der Waals surface area contributed by atoms with E-state index in [2.05, 4.69) is 42.1 Å². The van der Waals surface area contributed by atoms with Crippen LogP contribution in [0.4, 0.5) is 0 Å². The average Bonchev–Trinajstić information content (AvgIpc) is 2.97. The van der Waals surface area contributed by atoms with Gasteiger partial charge in [-0.25, -0.2) is 4.79 Å². The zero-order chi connectivity index (χ0) is 21.1. The Labute approximate surface area is 188 Å². The molecule has 154 valence electrons. The first-order chi connectivity index (χ1) is 13.7. The number of ether oxygens (including phenoxy) is 1. The number of halogens is 2. The van der Waals surface area contributed by atoms with Gasteiger partial charge in [0, 0.05) is 40.1 Å². The molecule has 29 heavy (non-hydrogen) atoms. The largest absolute Gasteiger partial charge is 0.457 e. The SMILES string of the molecule is Cc1cc(Br)cc(C(=O)NC[C@@H]2C[C@@H](OC(=O)c3cc(C)cc(Br)c3)CN2C)c1. The highest BCUT2D eigenvalue weighted by atomic mass is 79.9. The number of carbonyl (C=O) groups is 2. The number of carbonyl (C=O) groups excluding carboxylic acids is 2. The molecular weight excluding hydrogens is 500 g/mol. The molecule has 0 spiro atoms. The minimum absolute atomic E-state index is 0.104. The molecule has 0 aromatic heterocycles. The Morgan fingerprint density at radius 2 is 1.62 bits per heavy atom. The summed E-state index contributed by atoms with van der Waals surface area (Å²) >= 11 is 6.84. The quantitative estimate of drug-likeness (QED) is 0.587. The molecule has 0 bridgehead atoms. The molecule has 2 atom stereocenters. The van der Waals surface area contributed by atoms with E-state index in [4.69, 9.17) is 4.74 Å². The van der Waals surface area contributed by atoms with E-state index in [-0.39, 0.29) is 24.0 Å². The molecule has 1 aliphatic heterocycles. The van der Waals surface area contributed by atoms with Crippen molar-refractivity contribution in [2.75, 3.05) is 20.1 Å². The van der Waals surface area contributed by atoms with Gasteiger partial charge in [0.1, 0.15) is 6.10 Å². The Kier molecular flexibility index (Phi) is 7.14. The number of likely N-dealkylation sites (N-methyl/N-ethyl adjacent to an activating group) is 1. The molecule has 2 aromatic carbocycles. The molecular formula is C22H24Br2N2O3. The number of rotatable bonds is 5. The van der Waals surface area contributed by atoms with Crippen LogP contribution in [0, 0.1) is 13.8 Å². The number of nitrogens with one attached hydrogen (secondary N) is 1. The van der Waals surface area contributed by atoms with Gasteiger partial charge in [-0.1, -0.05) is 31.9 Å². The predicted octanol–water partition coefficient (Wildman–Crippen LogP) is 4.49. The molecule has 3 rings (SSSR count). The average molecular weight is 524 g/mol. The number of benzene rings is 2. The van der Waals surface area contributed by atoms with E-state index in [1.165, 1.54) is 0 Å². The fourth-order valence-corrected chi connectivity index (χ4v) is 4.82. The number of esters is 1. The summed E-state index contributed by atoms with van der Waals surface area (Å²) in [7, 11) is 1.98. The molecule has 1 N–H and O–H groups in total. The summed E-state index contributed by atoms with van der Waals surface area (Å²) in [6, 6.07) is 11.3. The van der Waals surface area contributed by atoms with E-state index in [1.54, 1.807) is 6.07 Å². The van der Waals surface area contributed by atoms with Crippen LogP contribution in [0.2, 0.25) is 0 Å². The van der Waals surface area contributed by atoms with Gasteiger partial charge in [0.2, 0.25) is 0 Å². The second kappa shape index (κ2) is 9.41. The maximum Gasteiger partial charge on any atom is 0.338 e. The molecule has 0 unspecified atom stereocenters. The van der Waals surface area contributed by atoms with Gasteiger partial charge in [-0.3, -0.25) is 9.69 Å². The van der Waals surface area contributed by atoms with Gasteiger partial charge in [0.05, 0.1) is 5.56 Å². The molecule has 2 aromatic rings. The van der Waals surface area contributed by atoms with Crippen LogP contribution in [0.15, 0.2) is 45.3 Å². The number of nitrogens with zero attached hydrogens (tertiary/aromatic N) is 1. The minimum Gasteiger partial charge on any atom is -0.457 e. The van der Waals surface area contributed by atoms with Crippen molar-refractivity contribution in [1.29, 1.82) is 0 Å². The summed E-state index contributed by atoms with van der Waals surface area (Å²) in [6.07, 6.45) is 0.495. The number of hydrogen-bond acceptors (Lipinski definition) is 4. The lowest BCUT2D eigenvalue weighted by Crippen LogP contribution is -2.38. The highest BCUT2D eigenvalue weighted by Crippen LogP contribution is 2.22. The lowest BCUT2D eigenvalue weighted by atomic mass is 10.1. The van der Waals surface area contributed by atoms with Crippen molar-refractivity contribution in [2.45, 2.75) is 32.4 Å². The minimum atomic E-state index is -0.318. The molecule has 0 radical (unpaired) electrons. The summed E-state index contributed by atoms with van der Waals surface area (Å²) < 4.78 is 7.45.